The summed E-state index contributed by atoms with van der Waals surface area (Å²) >= 11 is 0. The molecule has 0 saturated heterocycles. The van der Waals surface area contributed by atoms with Crippen LogP contribution in [0.1, 0.15) is 37.3 Å². The van der Waals surface area contributed by atoms with Gasteiger partial charge in [0.05, 0.1) is 11.1 Å². The number of hydrogen-bond donors (Lipinski definition) is 4. The fraction of sp³-hybridized carbons (Fsp3) is 0.273. The van der Waals surface area contributed by atoms with E-state index >= 15 is 0 Å². The zero-order chi connectivity index (χ0) is 19.9. The van der Waals surface area contributed by atoms with Gasteiger partial charge >= 0.3 is 0 Å². The molecule has 0 atom stereocenters. The number of carbonyl (C=O) groups excluding carboxylic acids is 1. The summed E-state index contributed by atoms with van der Waals surface area (Å²) in [5.74, 6) is 0.164. The largest absolute Gasteiger partial charge is 0.506 e. The quantitative estimate of drug-likeness (QED) is 0.337. The van der Waals surface area contributed by atoms with Gasteiger partial charge in [-0.05, 0) is 56.3 Å². The van der Waals surface area contributed by atoms with Gasteiger partial charge in [0, 0.05) is 24.0 Å². The maximum absolute atomic E-state index is 11.8. The minimum atomic E-state index is -0.489. The standard InChI is InChI=1S/C21H24N2O2.CH3N/c1-3-18(23-16-8-5-4-6-9-16)15-12-17(20(22-2)19(25)13-15)21(14-24)10-7-11-21;1-2/h3-6,8-9,12-14,22-23,25H,7,10-11H2,1-2H3;2H,1H2/b18-3-;. The van der Waals surface area contributed by atoms with E-state index in [2.05, 4.69) is 17.4 Å². The number of rotatable bonds is 6. The van der Waals surface area contributed by atoms with Crippen molar-refractivity contribution in [2.45, 2.75) is 31.6 Å². The van der Waals surface area contributed by atoms with E-state index in [1.165, 1.54) is 0 Å². The topological polar surface area (TPSA) is 85.2 Å². The Morgan fingerprint density at radius 2 is 1.89 bits per heavy atom. The molecule has 1 aliphatic rings. The molecule has 27 heavy (non-hydrogen) atoms. The van der Waals surface area contributed by atoms with Crippen LogP contribution in [-0.4, -0.2) is 25.2 Å². The van der Waals surface area contributed by atoms with E-state index in [1.54, 1.807) is 13.1 Å². The van der Waals surface area contributed by atoms with Crippen LogP contribution in [0.5, 0.6) is 5.75 Å². The number of carbonyl (C=O) groups is 1. The summed E-state index contributed by atoms with van der Waals surface area (Å²) in [6, 6.07) is 13.6. The molecule has 5 heteroatoms. The van der Waals surface area contributed by atoms with Crippen LogP contribution in [0.4, 0.5) is 11.4 Å². The lowest BCUT2D eigenvalue weighted by molar-refractivity contribution is -0.115. The Morgan fingerprint density at radius 1 is 1.22 bits per heavy atom. The number of hydrogen-bond acceptors (Lipinski definition) is 5. The third kappa shape index (κ3) is 4.03. The predicted octanol–water partition coefficient (Wildman–Crippen LogP) is 4.79. The van der Waals surface area contributed by atoms with Crippen LogP contribution in [0.3, 0.4) is 0 Å². The van der Waals surface area contributed by atoms with Gasteiger partial charge in [-0.2, -0.15) is 0 Å². The van der Waals surface area contributed by atoms with Crippen LogP contribution in [0.2, 0.25) is 0 Å². The molecule has 0 amide bonds. The highest BCUT2D eigenvalue weighted by Crippen LogP contribution is 2.48. The molecule has 0 radical (unpaired) electrons. The van der Waals surface area contributed by atoms with Gasteiger partial charge in [-0.1, -0.05) is 30.7 Å². The summed E-state index contributed by atoms with van der Waals surface area (Å²) in [5, 5.41) is 22.5. The first-order valence-electron chi connectivity index (χ1n) is 8.99. The Bertz CT molecular complexity index is 812. The third-order valence-corrected chi connectivity index (χ3v) is 5.03. The minimum absolute atomic E-state index is 0.164. The molecule has 0 aromatic heterocycles. The number of nitrogens with one attached hydrogen (secondary N) is 3. The molecule has 1 fully saturated rings. The van der Waals surface area contributed by atoms with Gasteiger partial charge in [-0.3, -0.25) is 0 Å². The second kappa shape index (κ2) is 9.03. The van der Waals surface area contributed by atoms with Crippen LogP contribution in [0.25, 0.3) is 5.70 Å². The monoisotopic (exact) mass is 365 g/mol. The molecule has 2 aromatic carbocycles. The number of benzene rings is 2. The van der Waals surface area contributed by atoms with Crippen molar-refractivity contribution in [1.82, 2.24) is 0 Å². The number of anilines is 2. The van der Waals surface area contributed by atoms with E-state index in [9.17, 15) is 9.90 Å². The van der Waals surface area contributed by atoms with Crippen LogP contribution in [-0.2, 0) is 10.2 Å². The lowest BCUT2D eigenvalue weighted by atomic mass is 9.64. The van der Waals surface area contributed by atoms with Crippen molar-refractivity contribution >= 4 is 30.1 Å². The van der Waals surface area contributed by atoms with Gasteiger partial charge in [0.2, 0.25) is 0 Å². The normalized spacial score (nSPS) is 15.0. The van der Waals surface area contributed by atoms with Gasteiger partial charge in [0.25, 0.3) is 0 Å². The zero-order valence-corrected chi connectivity index (χ0v) is 15.9. The smallest absolute Gasteiger partial charge is 0.139 e. The SMILES string of the molecule is C/C=C(\Nc1ccccc1)c1cc(O)c(NC)c(C2(C=O)CCC2)c1.C=N. The molecule has 3 rings (SSSR count). The second-order valence-corrected chi connectivity index (χ2v) is 6.49. The van der Waals surface area contributed by atoms with E-state index in [0.29, 0.717) is 5.69 Å². The van der Waals surface area contributed by atoms with Gasteiger partial charge in [0.1, 0.15) is 12.0 Å². The third-order valence-electron chi connectivity index (χ3n) is 5.03. The minimum Gasteiger partial charge on any atom is -0.506 e. The Kier molecular flexibility index (Phi) is 6.77. The van der Waals surface area contributed by atoms with Gasteiger partial charge in [0.15, 0.2) is 0 Å². The summed E-state index contributed by atoms with van der Waals surface area (Å²) in [6.07, 6.45) is 5.69. The molecule has 0 bridgehead atoms. The van der Waals surface area contributed by atoms with E-state index in [1.807, 2.05) is 49.4 Å². The molecule has 142 valence electrons. The summed E-state index contributed by atoms with van der Waals surface area (Å²) in [5.41, 5.74) is 3.77. The summed E-state index contributed by atoms with van der Waals surface area (Å²) in [6.45, 7) is 4.45. The Morgan fingerprint density at radius 3 is 2.37 bits per heavy atom. The average molecular weight is 365 g/mol. The van der Waals surface area contributed by atoms with Crippen molar-refractivity contribution in [1.29, 1.82) is 5.41 Å². The molecule has 2 aromatic rings. The fourth-order valence-corrected chi connectivity index (χ4v) is 3.43. The summed E-state index contributed by atoms with van der Waals surface area (Å²) in [4.78, 5) is 11.8. The summed E-state index contributed by atoms with van der Waals surface area (Å²) in [7, 11) is 1.77. The van der Waals surface area contributed by atoms with Crippen LogP contribution in [0.15, 0.2) is 48.5 Å². The molecule has 1 saturated carbocycles. The highest BCUT2D eigenvalue weighted by Gasteiger charge is 2.41. The number of para-hydroxylation sites is 1. The highest BCUT2D eigenvalue weighted by molar-refractivity contribution is 5.84. The van der Waals surface area contributed by atoms with Crippen molar-refractivity contribution in [3.05, 3.63) is 59.7 Å². The van der Waals surface area contributed by atoms with Crippen molar-refractivity contribution in [3.63, 3.8) is 0 Å². The number of aldehydes is 1. The van der Waals surface area contributed by atoms with Crippen molar-refractivity contribution in [2.75, 3.05) is 17.7 Å². The highest BCUT2D eigenvalue weighted by atomic mass is 16.3. The van der Waals surface area contributed by atoms with Crippen molar-refractivity contribution in [2.24, 2.45) is 0 Å². The Balaban J connectivity index is 0.00000126. The van der Waals surface area contributed by atoms with Crippen molar-refractivity contribution < 1.29 is 9.90 Å². The number of phenols is 1. The Hall–Kier alpha value is -3.08. The lowest BCUT2D eigenvalue weighted by Crippen LogP contribution is -2.36. The van der Waals surface area contributed by atoms with E-state index in [4.69, 9.17) is 5.41 Å². The van der Waals surface area contributed by atoms with E-state index in [0.717, 1.165) is 48.1 Å². The number of phenolic OH excluding ortho intramolecular Hbond substituents is 1. The number of aromatic hydroxyl groups is 1. The first-order chi connectivity index (χ1) is 13.1. The van der Waals surface area contributed by atoms with Crippen LogP contribution in [0, 0.1) is 5.41 Å². The van der Waals surface area contributed by atoms with Gasteiger partial charge in [-0.15, -0.1) is 0 Å². The van der Waals surface area contributed by atoms with E-state index in [-0.39, 0.29) is 5.75 Å². The maximum Gasteiger partial charge on any atom is 0.139 e. The summed E-state index contributed by atoms with van der Waals surface area (Å²) < 4.78 is 0. The molecule has 5 nitrogen and oxygen atoms in total. The second-order valence-electron chi connectivity index (χ2n) is 6.49. The van der Waals surface area contributed by atoms with Crippen LogP contribution >= 0.6 is 0 Å². The van der Waals surface area contributed by atoms with Gasteiger partial charge < -0.3 is 25.9 Å². The molecule has 0 unspecified atom stereocenters. The van der Waals surface area contributed by atoms with Gasteiger partial charge in [-0.25, -0.2) is 0 Å². The van der Waals surface area contributed by atoms with Crippen LogP contribution < -0.4 is 10.6 Å². The first kappa shape index (κ1) is 20.2. The van der Waals surface area contributed by atoms with Crippen molar-refractivity contribution in [3.8, 4) is 5.75 Å². The molecule has 4 N–H and O–H groups in total. The fourth-order valence-electron chi connectivity index (χ4n) is 3.43. The first-order valence-corrected chi connectivity index (χ1v) is 8.99. The maximum atomic E-state index is 11.8. The molecule has 0 heterocycles. The molecule has 0 aliphatic heterocycles. The number of allylic oxidation sites excluding steroid dienone is 1. The zero-order valence-electron chi connectivity index (χ0n) is 15.9. The molecule has 0 spiro atoms. The molecule has 1 aliphatic carbocycles. The average Bonchev–Trinajstić information content (AvgIpc) is 2.68. The molecular weight excluding hydrogens is 338 g/mol. The molecular formula is C22H27N3O2. The predicted molar refractivity (Wildman–Crippen MR) is 113 cm³/mol. The Labute approximate surface area is 160 Å². The van der Waals surface area contributed by atoms with E-state index < -0.39 is 5.41 Å². The lowest BCUT2D eigenvalue weighted by Gasteiger charge is -2.38.